The van der Waals surface area contributed by atoms with Crippen LogP contribution >= 0.6 is 11.8 Å². The summed E-state index contributed by atoms with van der Waals surface area (Å²) < 4.78 is 10.2. The van der Waals surface area contributed by atoms with Crippen LogP contribution in [0.3, 0.4) is 0 Å². The minimum atomic E-state index is -1.11. The predicted octanol–water partition coefficient (Wildman–Crippen LogP) is 3.04. The van der Waals surface area contributed by atoms with Crippen molar-refractivity contribution >= 4 is 23.7 Å². The highest BCUT2D eigenvalue weighted by atomic mass is 32.2. The van der Waals surface area contributed by atoms with Crippen molar-refractivity contribution in [1.82, 2.24) is 0 Å². The highest BCUT2D eigenvalue weighted by Crippen LogP contribution is 2.34. The van der Waals surface area contributed by atoms with Gasteiger partial charge in [0.2, 0.25) is 0 Å². The molecule has 0 aliphatic carbocycles. The Kier molecular flexibility index (Phi) is 9.74. The Balaban J connectivity index is 5.08. The number of hydrogen-bond donors (Lipinski definition) is 0. The normalized spacial score (nSPS) is 11.2. The predicted molar refractivity (Wildman–Crippen MR) is 78.2 cm³/mol. The van der Waals surface area contributed by atoms with Crippen LogP contribution in [-0.2, 0) is 19.1 Å². The van der Waals surface area contributed by atoms with Crippen LogP contribution in [0.25, 0.3) is 0 Å². The smallest absolute Gasteiger partial charge is 0.323 e. The summed E-state index contributed by atoms with van der Waals surface area (Å²) in [6.45, 7) is 6.03. The van der Waals surface area contributed by atoms with Gasteiger partial charge >= 0.3 is 11.9 Å². The molecule has 0 aliphatic rings. The highest BCUT2D eigenvalue weighted by Gasteiger charge is 2.47. The fourth-order valence-corrected chi connectivity index (χ4v) is 2.53. The van der Waals surface area contributed by atoms with E-state index >= 15 is 0 Å². The maximum Gasteiger partial charge on any atom is 0.323 e. The zero-order valence-electron chi connectivity index (χ0n) is 12.5. The second-order valence-electron chi connectivity index (χ2n) is 4.37. The molecule has 4 nitrogen and oxygen atoms in total. The summed E-state index contributed by atoms with van der Waals surface area (Å²) in [4.78, 5) is 24.5. The maximum absolute atomic E-state index is 12.2. The van der Waals surface area contributed by atoms with E-state index in [9.17, 15) is 9.59 Å². The Bertz CT molecular complexity index is 261. The summed E-state index contributed by atoms with van der Waals surface area (Å²) in [5, 5.41) is 0. The maximum atomic E-state index is 12.2. The molecule has 0 unspecified atom stereocenters. The second-order valence-corrected chi connectivity index (χ2v) is 5.35. The Hall–Kier alpha value is -0.710. The summed E-state index contributed by atoms with van der Waals surface area (Å²) in [5.41, 5.74) is -1.11. The molecule has 19 heavy (non-hydrogen) atoms. The van der Waals surface area contributed by atoms with Crippen molar-refractivity contribution < 1.29 is 19.1 Å². The third-order valence-corrected chi connectivity index (χ3v) is 3.66. The van der Waals surface area contributed by atoms with E-state index in [4.69, 9.17) is 9.47 Å². The van der Waals surface area contributed by atoms with Gasteiger partial charge in [-0.1, -0.05) is 13.3 Å². The molecule has 0 aliphatic heterocycles. The van der Waals surface area contributed by atoms with Crippen LogP contribution in [0, 0.1) is 5.41 Å². The lowest BCUT2D eigenvalue weighted by Crippen LogP contribution is -2.42. The number of esters is 2. The van der Waals surface area contributed by atoms with E-state index in [1.54, 1.807) is 25.6 Å². The van der Waals surface area contributed by atoms with Crippen molar-refractivity contribution in [2.45, 2.75) is 46.5 Å². The Morgan fingerprint density at radius 1 is 1.00 bits per heavy atom. The zero-order valence-corrected chi connectivity index (χ0v) is 13.3. The van der Waals surface area contributed by atoms with Crippen LogP contribution < -0.4 is 0 Å². The van der Waals surface area contributed by atoms with Gasteiger partial charge in [0.05, 0.1) is 13.2 Å². The molecule has 5 heteroatoms. The van der Waals surface area contributed by atoms with E-state index in [1.807, 2.05) is 13.2 Å². The molecule has 0 rings (SSSR count). The first kappa shape index (κ1) is 18.3. The van der Waals surface area contributed by atoms with Crippen LogP contribution in [0.5, 0.6) is 0 Å². The van der Waals surface area contributed by atoms with E-state index in [1.165, 1.54) is 0 Å². The third kappa shape index (κ3) is 5.43. The molecule has 0 aromatic heterocycles. The summed E-state index contributed by atoms with van der Waals surface area (Å²) in [6.07, 6.45) is 4.55. The highest BCUT2D eigenvalue weighted by molar-refractivity contribution is 7.98. The molecular weight excluding hydrogens is 264 g/mol. The summed E-state index contributed by atoms with van der Waals surface area (Å²) in [6, 6.07) is 0. The van der Waals surface area contributed by atoms with Gasteiger partial charge in [-0.25, -0.2) is 0 Å². The van der Waals surface area contributed by atoms with Crippen molar-refractivity contribution in [3.63, 3.8) is 0 Å². The lowest BCUT2D eigenvalue weighted by molar-refractivity contribution is -0.173. The molecule has 0 fully saturated rings. The van der Waals surface area contributed by atoms with Gasteiger partial charge in [0, 0.05) is 0 Å². The average molecular weight is 290 g/mol. The molecule has 0 saturated heterocycles. The van der Waals surface area contributed by atoms with Crippen molar-refractivity contribution in [3.05, 3.63) is 0 Å². The fraction of sp³-hybridized carbons (Fsp3) is 0.857. The molecule has 0 aromatic rings. The first-order valence-corrected chi connectivity index (χ1v) is 8.31. The van der Waals surface area contributed by atoms with Crippen LogP contribution in [0.1, 0.15) is 46.5 Å². The lowest BCUT2D eigenvalue weighted by Gasteiger charge is -2.28. The van der Waals surface area contributed by atoms with E-state index in [-0.39, 0.29) is 13.2 Å². The quantitative estimate of drug-likeness (QED) is 0.352. The first-order valence-electron chi connectivity index (χ1n) is 6.92. The van der Waals surface area contributed by atoms with Crippen molar-refractivity contribution in [1.29, 1.82) is 0 Å². The second kappa shape index (κ2) is 10.1. The van der Waals surface area contributed by atoms with Gasteiger partial charge < -0.3 is 9.47 Å². The van der Waals surface area contributed by atoms with Crippen LogP contribution in [0.4, 0.5) is 0 Å². The Morgan fingerprint density at radius 2 is 1.53 bits per heavy atom. The average Bonchev–Trinajstić information content (AvgIpc) is 2.38. The van der Waals surface area contributed by atoms with E-state index in [2.05, 4.69) is 0 Å². The van der Waals surface area contributed by atoms with Gasteiger partial charge in [-0.2, -0.15) is 11.8 Å². The molecule has 0 heterocycles. The number of rotatable bonds is 10. The number of ether oxygens (including phenoxy) is 2. The topological polar surface area (TPSA) is 52.6 Å². The molecule has 0 atom stereocenters. The minimum Gasteiger partial charge on any atom is -0.465 e. The molecule has 0 radical (unpaired) electrons. The Labute approximate surface area is 120 Å². The van der Waals surface area contributed by atoms with Gasteiger partial charge in [-0.15, -0.1) is 0 Å². The molecular formula is C14H26O4S. The van der Waals surface area contributed by atoms with Gasteiger partial charge in [0.15, 0.2) is 5.41 Å². The monoisotopic (exact) mass is 290 g/mol. The van der Waals surface area contributed by atoms with Gasteiger partial charge in [0.1, 0.15) is 0 Å². The van der Waals surface area contributed by atoms with Gasteiger partial charge in [0.25, 0.3) is 0 Å². The molecule has 0 saturated carbocycles. The summed E-state index contributed by atoms with van der Waals surface area (Å²) in [5.74, 6) is 0.0531. The zero-order chi connectivity index (χ0) is 14.7. The van der Waals surface area contributed by atoms with Crippen LogP contribution in [0.15, 0.2) is 0 Å². The minimum absolute atomic E-state index is 0.284. The van der Waals surface area contributed by atoms with Crippen molar-refractivity contribution in [2.75, 3.05) is 25.2 Å². The largest absolute Gasteiger partial charge is 0.465 e. The number of carbonyl (C=O) groups is 2. The summed E-state index contributed by atoms with van der Waals surface area (Å²) in [7, 11) is 0. The van der Waals surface area contributed by atoms with Crippen molar-refractivity contribution in [3.8, 4) is 0 Å². The van der Waals surface area contributed by atoms with Crippen molar-refractivity contribution in [2.24, 2.45) is 5.41 Å². The molecule has 0 aromatic carbocycles. The molecule has 0 bridgehead atoms. The fourth-order valence-electron chi connectivity index (χ4n) is 2.10. The van der Waals surface area contributed by atoms with Crippen LogP contribution in [0.2, 0.25) is 0 Å². The summed E-state index contributed by atoms with van der Waals surface area (Å²) >= 11 is 1.71. The lowest BCUT2D eigenvalue weighted by atomic mass is 9.79. The van der Waals surface area contributed by atoms with Crippen LogP contribution in [-0.4, -0.2) is 37.2 Å². The van der Waals surface area contributed by atoms with E-state index in [0.29, 0.717) is 12.8 Å². The van der Waals surface area contributed by atoms with Gasteiger partial charge in [-0.05, 0) is 45.1 Å². The van der Waals surface area contributed by atoms with Gasteiger partial charge in [-0.3, -0.25) is 9.59 Å². The molecule has 0 spiro atoms. The third-order valence-electron chi connectivity index (χ3n) is 2.96. The van der Waals surface area contributed by atoms with E-state index in [0.717, 1.165) is 18.6 Å². The number of carbonyl (C=O) groups excluding carboxylic acids is 2. The number of hydrogen-bond acceptors (Lipinski definition) is 5. The molecule has 0 amide bonds. The molecule has 112 valence electrons. The Morgan fingerprint density at radius 3 is 1.89 bits per heavy atom. The SMILES string of the molecule is CCCC(CCCSC)(C(=O)OCC)C(=O)OCC. The first-order chi connectivity index (χ1) is 9.08. The molecule has 0 N–H and O–H groups in total. The number of thioether (sulfide) groups is 1. The standard InChI is InChI=1S/C14H26O4S/c1-5-9-14(10-8-11-19-4,12(15)17-6-2)13(16)18-7-3/h5-11H2,1-4H3. The van der Waals surface area contributed by atoms with E-state index < -0.39 is 17.4 Å².